The summed E-state index contributed by atoms with van der Waals surface area (Å²) in [7, 11) is 2.13. The zero-order valence-corrected chi connectivity index (χ0v) is 19.9. The van der Waals surface area contributed by atoms with Crippen LogP contribution in [0.4, 0.5) is 0 Å². The lowest BCUT2D eigenvalue weighted by atomic mass is 9.81. The Morgan fingerprint density at radius 3 is 2.71 bits per heavy atom. The van der Waals surface area contributed by atoms with Gasteiger partial charge in [0.1, 0.15) is 0 Å². The number of benzene rings is 1. The molecule has 35 heavy (non-hydrogen) atoms. The van der Waals surface area contributed by atoms with Gasteiger partial charge in [0.25, 0.3) is 0 Å². The number of ether oxygens (including phenoxy) is 1. The van der Waals surface area contributed by atoms with Crippen molar-refractivity contribution in [2.45, 2.75) is 30.8 Å². The number of aryl methyl sites for hydroxylation is 1. The van der Waals surface area contributed by atoms with Gasteiger partial charge in [-0.05, 0) is 37.7 Å². The number of rotatable bonds is 5. The highest BCUT2D eigenvalue weighted by Gasteiger charge is 2.57. The average Bonchev–Trinajstić information content (AvgIpc) is 3.38. The smallest absolute Gasteiger partial charge is 0.226 e. The second kappa shape index (κ2) is 8.55. The van der Waals surface area contributed by atoms with Crippen LogP contribution in [0.2, 0.25) is 0 Å². The lowest BCUT2D eigenvalue weighted by molar-refractivity contribution is -0.136. The molecule has 2 saturated heterocycles. The normalized spacial score (nSPS) is 21.3. The summed E-state index contributed by atoms with van der Waals surface area (Å²) in [6.07, 6.45) is 5.59. The summed E-state index contributed by atoms with van der Waals surface area (Å²) in [4.78, 5) is 24.4. The molecule has 2 fully saturated rings. The number of aromatic nitrogens is 4. The Bertz CT molecular complexity index is 1380. The molecule has 2 atom stereocenters. The molecule has 1 aromatic carbocycles. The molecule has 2 aliphatic heterocycles. The van der Waals surface area contributed by atoms with E-state index in [0.29, 0.717) is 13.2 Å². The summed E-state index contributed by atoms with van der Waals surface area (Å²) in [5, 5.41) is 8.83. The molecule has 0 aliphatic carbocycles. The van der Waals surface area contributed by atoms with Crippen LogP contribution >= 0.6 is 0 Å². The molecule has 3 aromatic heterocycles. The highest BCUT2D eigenvalue weighted by molar-refractivity contribution is 5.83. The van der Waals surface area contributed by atoms with Gasteiger partial charge in [0.15, 0.2) is 0 Å². The first-order valence-electron chi connectivity index (χ1n) is 11.9. The molecule has 0 bridgehead atoms. The van der Waals surface area contributed by atoms with Gasteiger partial charge in [-0.25, -0.2) is 4.68 Å². The van der Waals surface area contributed by atoms with Gasteiger partial charge in [0.05, 0.1) is 60.5 Å². The number of amides is 1. The minimum Gasteiger partial charge on any atom is -0.377 e. The molecule has 0 radical (unpaired) electrons. The number of likely N-dealkylation sites (N-methyl/N-ethyl adjacent to an activating group) is 1. The number of hydrogen-bond donors (Lipinski definition) is 1. The van der Waals surface area contributed by atoms with Crippen LogP contribution in [0.15, 0.2) is 67.1 Å². The van der Waals surface area contributed by atoms with Crippen molar-refractivity contribution in [3.8, 4) is 5.69 Å². The van der Waals surface area contributed by atoms with Crippen molar-refractivity contribution < 1.29 is 9.53 Å². The highest BCUT2D eigenvalue weighted by Crippen LogP contribution is 2.42. The summed E-state index contributed by atoms with van der Waals surface area (Å²) >= 11 is 0. The Hall–Kier alpha value is -3.62. The van der Waals surface area contributed by atoms with Gasteiger partial charge < -0.3 is 10.1 Å². The lowest BCUT2D eigenvalue weighted by Crippen LogP contribution is -2.67. The van der Waals surface area contributed by atoms with Crippen LogP contribution in [0.3, 0.4) is 0 Å². The van der Waals surface area contributed by atoms with E-state index in [1.165, 1.54) is 5.56 Å². The number of fused-ring (bicyclic) bond motifs is 1. The molecule has 178 valence electrons. The standard InChI is InChI=1S/C27H28N6O2/c1-18-10-22(8-9-28-18)33-24-14-29-21(11-20(24)13-30-33)12-25(34)31-26-23(19-6-4-3-5-7-19)15-32(2)27(26)16-35-17-27/h3-11,13-14,23,26H,12,15-17H2,1-2H3,(H,31,34)/t23-,26-/m0/s1. The summed E-state index contributed by atoms with van der Waals surface area (Å²) in [5.41, 5.74) is 4.57. The predicted octanol–water partition coefficient (Wildman–Crippen LogP) is 2.65. The van der Waals surface area contributed by atoms with E-state index in [4.69, 9.17) is 4.74 Å². The van der Waals surface area contributed by atoms with E-state index in [-0.39, 0.29) is 29.8 Å². The lowest BCUT2D eigenvalue weighted by Gasteiger charge is -2.47. The minimum absolute atomic E-state index is 0.0161. The minimum atomic E-state index is -0.155. The van der Waals surface area contributed by atoms with Crippen LogP contribution in [-0.2, 0) is 16.0 Å². The monoisotopic (exact) mass is 468 g/mol. The maximum Gasteiger partial charge on any atom is 0.226 e. The summed E-state index contributed by atoms with van der Waals surface area (Å²) < 4.78 is 7.47. The Balaban J connectivity index is 1.22. The number of carbonyl (C=O) groups is 1. The molecular formula is C27H28N6O2. The van der Waals surface area contributed by atoms with Crippen LogP contribution < -0.4 is 5.32 Å². The van der Waals surface area contributed by atoms with Crippen LogP contribution in [0.25, 0.3) is 16.6 Å². The second-order valence-corrected chi connectivity index (χ2v) is 9.66. The number of pyridine rings is 2. The van der Waals surface area contributed by atoms with Crippen molar-refractivity contribution in [1.29, 1.82) is 0 Å². The predicted molar refractivity (Wildman–Crippen MR) is 132 cm³/mol. The van der Waals surface area contributed by atoms with Crippen molar-refractivity contribution >= 4 is 16.8 Å². The number of likely N-dealkylation sites (tertiary alicyclic amines) is 1. The van der Waals surface area contributed by atoms with Gasteiger partial charge in [-0.15, -0.1) is 0 Å². The molecule has 0 unspecified atom stereocenters. The van der Waals surface area contributed by atoms with Crippen molar-refractivity contribution in [3.05, 3.63) is 84.1 Å². The van der Waals surface area contributed by atoms with E-state index in [0.717, 1.165) is 34.5 Å². The quantitative estimate of drug-likeness (QED) is 0.485. The topological polar surface area (TPSA) is 85.2 Å². The summed E-state index contributed by atoms with van der Waals surface area (Å²) in [6.45, 7) is 4.11. The van der Waals surface area contributed by atoms with E-state index in [1.807, 2.05) is 42.1 Å². The zero-order chi connectivity index (χ0) is 24.0. The number of nitrogens with zero attached hydrogens (tertiary/aromatic N) is 5. The Morgan fingerprint density at radius 2 is 1.97 bits per heavy atom. The van der Waals surface area contributed by atoms with Crippen LogP contribution in [0, 0.1) is 6.92 Å². The Morgan fingerprint density at radius 1 is 1.14 bits per heavy atom. The van der Waals surface area contributed by atoms with Gasteiger partial charge in [-0.2, -0.15) is 5.10 Å². The van der Waals surface area contributed by atoms with E-state index in [2.05, 4.69) is 56.6 Å². The van der Waals surface area contributed by atoms with E-state index >= 15 is 0 Å². The van der Waals surface area contributed by atoms with Crippen LogP contribution in [0.5, 0.6) is 0 Å². The van der Waals surface area contributed by atoms with Gasteiger partial charge >= 0.3 is 0 Å². The first kappa shape index (κ1) is 21.9. The molecule has 8 heteroatoms. The van der Waals surface area contributed by atoms with Gasteiger partial charge in [0.2, 0.25) is 5.91 Å². The fraction of sp³-hybridized carbons (Fsp3) is 0.333. The first-order chi connectivity index (χ1) is 17.0. The molecule has 8 nitrogen and oxygen atoms in total. The summed E-state index contributed by atoms with van der Waals surface area (Å²) in [5.74, 6) is 0.188. The number of hydrogen-bond acceptors (Lipinski definition) is 6. The Labute approximate surface area is 203 Å². The molecule has 2 aliphatic rings. The first-order valence-corrected chi connectivity index (χ1v) is 11.9. The third-order valence-corrected chi connectivity index (χ3v) is 7.44. The SMILES string of the molecule is Cc1cc(-n2ncc3cc(CC(=O)N[C@H]4[C@H](c5ccccc5)CN(C)C45COC5)ncc32)ccn1. The van der Waals surface area contributed by atoms with Crippen molar-refractivity contribution in [3.63, 3.8) is 0 Å². The third-order valence-electron chi connectivity index (χ3n) is 7.44. The van der Waals surface area contributed by atoms with Gasteiger partial charge in [-0.1, -0.05) is 30.3 Å². The average molecular weight is 469 g/mol. The molecule has 1 N–H and O–H groups in total. The molecular weight excluding hydrogens is 440 g/mol. The third kappa shape index (κ3) is 3.79. The molecule has 4 aromatic rings. The maximum atomic E-state index is 13.2. The zero-order valence-electron chi connectivity index (χ0n) is 19.9. The number of nitrogens with one attached hydrogen (secondary N) is 1. The molecule has 1 spiro atoms. The summed E-state index contributed by atoms with van der Waals surface area (Å²) in [6, 6.07) is 16.3. The van der Waals surface area contributed by atoms with Crippen molar-refractivity contribution in [2.24, 2.45) is 0 Å². The molecule has 0 saturated carbocycles. The van der Waals surface area contributed by atoms with Crippen molar-refractivity contribution in [2.75, 3.05) is 26.8 Å². The Kier molecular flexibility index (Phi) is 5.35. The largest absolute Gasteiger partial charge is 0.377 e. The van der Waals surface area contributed by atoms with Crippen molar-refractivity contribution in [1.82, 2.24) is 30.0 Å². The molecule has 5 heterocycles. The highest BCUT2D eigenvalue weighted by atomic mass is 16.5. The van der Waals surface area contributed by atoms with E-state index in [1.54, 1.807) is 12.4 Å². The fourth-order valence-electron chi connectivity index (χ4n) is 5.46. The van der Waals surface area contributed by atoms with Crippen LogP contribution in [-0.4, -0.2) is 68.9 Å². The van der Waals surface area contributed by atoms with E-state index < -0.39 is 0 Å². The fourth-order valence-corrected chi connectivity index (χ4v) is 5.46. The van der Waals surface area contributed by atoms with Gasteiger partial charge in [-0.3, -0.25) is 19.7 Å². The van der Waals surface area contributed by atoms with Gasteiger partial charge in [0, 0.05) is 29.7 Å². The van der Waals surface area contributed by atoms with E-state index in [9.17, 15) is 4.79 Å². The molecule has 1 amide bonds. The maximum absolute atomic E-state index is 13.2. The van der Waals surface area contributed by atoms with Crippen LogP contribution in [0.1, 0.15) is 22.9 Å². The molecule has 6 rings (SSSR count). The number of carbonyl (C=O) groups excluding carboxylic acids is 1. The second-order valence-electron chi connectivity index (χ2n) is 9.66.